The van der Waals surface area contributed by atoms with Crippen LogP contribution in [-0.2, 0) is 19.6 Å². The zero-order chi connectivity index (χ0) is 35.4. The Labute approximate surface area is 289 Å². The summed E-state index contributed by atoms with van der Waals surface area (Å²) >= 11 is 0. The lowest BCUT2D eigenvalue weighted by Gasteiger charge is -2.28. The van der Waals surface area contributed by atoms with E-state index in [0.717, 1.165) is 32.4 Å². The summed E-state index contributed by atoms with van der Waals surface area (Å²) in [5.41, 5.74) is -0.454. The van der Waals surface area contributed by atoms with Crippen LogP contribution >= 0.6 is 7.26 Å². The van der Waals surface area contributed by atoms with Gasteiger partial charge in [-0.05, 0) is 63.1 Å². The second-order valence-electron chi connectivity index (χ2n) is 13.1. The second-order valence-corrected chi connectivity index (χ2v) is 18.9. The number of carbonyl (C=O) groups is 2. The van der Waals surface area contributed by atoms with Crippen molar-refractivity contribution < 1.29 is 32.0 Å². The summed E-state index contributed by atoms with van der Waals surface area (Å²) in [5, 5.41) is 0. The smallest absolute Gasteiger partial charge is 0.337 e. The molecule has 0 aliphatic heterocycles. The molecule has 1 rings (SSSR count). The maximum atomic E-state index is 11.3. The Morgan fingerprint density at radius 3 is 1.13 bits per heavy atom. The van der Waals surface area contributed by atoms with Crippen molar-refractivity contribution in [3.05, 3.63) is 29.3 Å². The maximum Gasteiger partial charge on any atom is 0.337 e. The Bertz CT molecular complexity index is 983. The van der Waals surface area contributed by atoms with Gasteiger partial charge in [-0.25, -0.2) is 18.0 Å². The van der Waals surface area contributed by atoms with E-state index >= 15 is 0 Å². The number of esters is 2. The van der Waals surface area contributed by atoms with E-state index in [0.29, 0.717) is 0 Å². The molecule has 7 nitrogen and oxygen atoms in total. The minimum atomic E-state index is -4.80. The van der Waals surface area contributed by atoms with Gasteiger partial charge in [-0.1, -0.05) is 111 Å². The largest absolute Gasteiger partial charge is 0.744 e. The van der Waals surface area contributed by atoms with Crippen molar-refractivity contribution in [3.8, 4) is 0 Å². The van der Waals surface area contributed by atoms with Gasteiger partial charge in [-0.3, -0.25) is 0 Å². The molecule has 0 heterocycles. The fourth-order valence-corrected chi connectivity index (χ4v) is 11.6. The molecule has 1 aromatic carbocycles. The molecule has 0 bridgehead atoms. The van der Waals surface area contributed by atoms with E-state index < -0.39 is 34.2 Å². The van der Waals surface area contributed by atoms with E-state index in [9.17, 15) is 22.6 Å². The summed E-state index contributed by atoms with van der Waals surface area (Å²) in [6.45, 7) is 9.42. The van der Waals surface area contributed by atoms with Crippen molar-refractivity contribution in [2.45, 2.75) is 161 Å². The van der Waals surface area contributed by atoms with Gasteiger partial charge in [0.05, 0.1) is 54.9 Å². The molecule has 0 spiro atoms. The van der Waals surface area contributed by atoms with Gasteiger partial charge < -0.3 is 14.0 Å². The van der Waals surface area contributed by atoms with Crippen molar-refractivity contribution in [2.75, 3.05) is 38.9 Å². The zero-order valence-electron chi connectivity index (χ0n) is 30.9. The minimum absolute atomic E-state index is 0.227. The molecular formula is C38H69O7PS. The minimum Gasteiger partial charge on any atom is -0.744 e. The topological polar surface area (TPSA) is 110 Å². The lowest BCUT2D eigenvalue weighted by Crippen LogP contribution is -2.13. The maximum absolute atomic E-state index is 11.3. The van der Waals surface area contributed by atoms with Crippen LogP contribution in [0.1, 0.15) is 177 Å². The van der Waals surface area contributed by atoms with Crippen LogP contribution in [0, 0.1) is 0 Å². The molecular weight excluding hydrogens is 631 g/mol. The van der Waals surface area contributed by atoms with Crippen LogP contribution in [-0.4, -0.2) is 63.8 Å². The molecule has 0 aliphatic rings. The molecule has 0 radical (unpaired) electrons. The van der Waals surface area contributed by atoms with Crippen LogP contribution < -0.4 is 0 Å². The predicted octanol–water partition coefficient (Wildman–Crippen LogP) is 11.0. The quantitative estimate of drug-likeness (QED) is 0.0389. The van der Waals surface area contributed by atoms with Crippen LogP contribution in [0.2, 0.25) is 0 Å². The van der Waals surface area contributed by atoms with Crippen molar-refractivity contribution in [3.63, 3.8) is 0 Å². The third kappa shape index (κ3) is 22.0. The normalized spacial score (nSPS) is 11.6. The van der Waals surface area contributed by atoms with Crippen molar-refractivity contribution in [1.29, 1.82) is 0 Å². The van der Waals surface area contributed by atoms with Crippen LogP contribution in [0.3, 0.4) is 0 Å². The predicted molar refractivity (Wildman–Crippen MR) is 199 cm³/mol. The Balaban J connectivity index is 0.00000100. The molecule has 0 saturated heterocycles. The first-order valence-corrected chi connectivity index (χ1v) is 22.6. The fraction of sp³-hybridized carbons (Fsp3) is 0.789. The van der Waals surface area contributed by atoms with Crippen molar-refractivity contribution in [2.24, 2.45) is 0 Å². The third-order valence-electron chi connectivity index (χ3n) is 8.98. The number of rotatable bonds is 27. The SMILES string of the molecule is CCCCCCCC[P+](CCCC)(CCCCCCCC)CCCCCCCC.COC(=O)c1cc(C(=O)OC)cc(S(=O)(=O)[O-])c1. The highest BCUT2D eigenvalue weighted by Crippen LogP contribution is 2.61. The number of ether oxygens (including phenoxy) is 2. The molecule has 0 aromatic heterocycles. The number of hydrogen-bond acceptors (Lipinski definition) is 7. The number of methoxy groups -OCH3 is 2. The Kier molecular flexibility index (Phi) is 27.4. The first-order chi connectivity index (χ1) is 22.5. The zero-order valence-corrected chi connectivity index (χ0v) is 32.6. The Morgan fingerprint density at radius 2 is 0.830 bits per heavy atom. The first kappa shape index (κ1) is 45.5. The van der Waals surface area contributed by atoms with Gasteiger partial charge in [0.15, 0.2) is 0 Å². The standard InChI is InChI=1S/C28H60P.C10H10O7S/c1-5-9-13-16-19-22-26-29(25-12-8-4,27-23-20-17-14-10-6-2)28-24-21-18-15-11-7-3;1-16-9(11)6-3-7(10(12)17-2)5-8(4-6)18(13,14)15/h5-28H2,1-4H3;3-5H,1-2H3,(H,13,14,15)/q+1;/p-1. The highest BCUT2D eigenvalue weighted by Gasteiger charge is 2.34. The van der Waals surface area contributed by atoms with Gasteiger partial charge in [0.25, 0.3) is 0 Å². The van der Waals surface area contributed by atoms with Crippen LogP contribution in [0.15, 0.2) is 23.1 Å². The molecule has 0 saturated carbocycles. The lowest BCUT2D eigenvalue weighted by atomic mass is 10.1. The molecule has 0 unspecified atom stereocenters. The van der Waals surface area contributed by atoms with Gasteiger partial charge in [0, 0.05) is 7.26 Å². The molecule has 0 aliphatic carbocycles. The van der Waals surface area contributed by atoms with E-state index in [1.807, 2.05) is 0 Å². The van der Waals surface area contributed by atoms with E-state index in [2.05, 4.69) is 37.2 Å². The third-order valence-corrected chi connectivity index (χ3v) is 14.9. The van der Waals surface area contributed by atoms with E-state index in [1.165, 1.54) is 109 Å². The number of benzene rings is 1. The summed E-state index contributed by atoms with van der Waals surface area (Å²) in [5.74, 6) is -1.74. The summed E-state index contributed by atoms with van der Waals surface area (Å²) < 4.78 is 41.5. The van der Waals surface area contributed by atoms with E-state index in [4.69, 9.17) is 0 Å². The van der Waals surface area contributed by atoms with Gasteiger partial charge in [0.2, 0.25) is 0 Å². The average Bonchev–Trinajstić information content (AvgIpc) is 3.07. The summed E-state index contributed by atoms with van der Waals surface area (Å²) in [6.07, 6.45) is 36.1. The van der Waals surface area contributed by atoms with Gasteiger partial charge >= 0.3 is 11.9 Å². The van der Waals surface area contributed by atoms with E-state index in [-0.39, 0.29) is 11.1 Å². The van der Waals surface area contributed by atoms with E-state index in [1.54, 1.807) is 43.9 Å². The monoisotopic (exact) mass is 700 g/mol. The summed E-state index contributed by atoms with van der Waals surface area (Å²) in [6, 6.07) is 2.74. The molecule has 9 heteroatoms. The number of unbranched alkanes of at least 4 members (excludes halogenated alkanes) is 16. The first-order valence-electron chi connectivity index (χ1n) is 18.7. The van der Waals surface area contributed by atoms with Crippen molar-refractivity contribution in [1.82, 2.24) is 0 Å². The lowest BCUT2D eigenvalue weighted by molar-refractivity contribution is 0.0598. The average molecular weight is 701 g/mol. The van der Waals surface area contributed by atoms with Gasteiger partial charge in [0.1, 0.15) is 10.1 Å². The summed E-state index contributed by atoms with van der Waals surface area (Å²) in [7, 11) is -3.31. The van der Waals surface area contributed by atoms with Gasteiger partial charge in [-0.15, -0.1) is 0 Å². The molecule has 47 heavy (non-hydrogen) atoms. The molecule has 0 atom stereocenters. The Morgan fingerprint density at radius 1 is 0.532 bits per heavy atom. The molecule has 0 N–H and O–H groups in total. The Hall–Kier alpha value is -1.50. The van der Waals surface area contributed by atoms with Gasteiger partial charge in [-0.2, -0.15) is 0 Å². The fourth-order valence-electron chi connectivity index (χ4n) is 6.06. The molecule has 0 amide bonds. The second kappa shape index (κ2) is 28.3. The van der Waals surface area contributed by atoms with Crippen LogP contribution in [0.25, 0.3) is 0 Å². The molecule has 274 valence electrons. The summed E-state index contributed by atoms with van der Waals surface area (Å²) in [4.78, 5) is 21.9. The highest BCUT2D eigenvalue weighted by atomic mass is 32.2. The van der Waals surface area contributed by atoms with Crippen LogP contribution in [0.4, 0.5) is 0 Å². The number of hydrogen-bond donors (Lipinski definition) is 0. The van der Waals surface area contributed by atoms with Crippen molar-refractivity contribution >= 4 is 29.3 Å². The highest BCUT2D eigenvalue weighted by molar-refractivity contribution is 7.85. The molecule has 1 aromatic rings. The van der Waals surface area contributed by atoms with Crippen LogP contribution in [0.5, 0.6) is 0 Å². The number of carbonyl (C=O) groups excluding carboxylic acids is 2. The molecule has 0 fully saturated rings.